The second-order valence-corrected chi connectivity index (χ2v) is 6.46. The molecule has 0 spiro atoms. The minimum Gasteiger partial charge on any atom is -0.349 e. The van der Waals surface area contributed by atoms with E-state index in [2.05, 4.69) is 17.6 Å². The molecule has 1 aliphatic heterocycles. The molecule has 1 amide bonds. The van der Waals surface area contributed by atoms with Crippen LogP contribution < -0.4 is 10.6 Å². The Hall–Kier alpha value is -1.49. The van der Waals surface area contributed by atoms with Gasteiger partial charge in [0.05, 0.1) is 6.04 Å². The zero-order chi connectivity index (χ0) is 16.8. The van der Waals surface area contributed by atoms with E-state index in [-0.39, 0.29) is 5.91 Å². The summed E-state index contributed by atoms with van der Waals surface area (Å²) >= 11 is 0. The Morgan fingerprint density at radius 3 is 2.65 bits per heavy atom. The van der Waals surface area contributed by atoms with Crippen molar-refractivity contribution in [2.24, 2.45) is 11.8 Å². The van der Waals surface area contributed by atoms with Crippen molar-refractivity contribution >= 4 is 5.91 Å². The molecule has 0 aliphatic carbocycles. The maximum Gasteiger partial charge on any atom is 0.220 e. The summed E-state index contributed by atoms with van der Waals surface area (Å²) in [5, 5.41) is 6.22. The fourth-order valence-corrected chi connectivity index (χ4v) is 3.31. The summed E-state index contributed by atoms with van der Waals surface area (Å²) < 4.78 is 26.9. The second-order valence-electron chi connectivity index (χ2n) is 6.46. The smallest absolute Gasteiger partial charge is 0.220 e. The molecular formula is C18H26F2N2O. The maximum atomic E-state index is 13.9. The summed E-state index contributed by atoms with van der Waals surface area (Å²) in [4.78, 5) is 12.3. The molecule has 1 fully saturated rings. The summed E-state index contributed by atoms with van der Waals surface area (Å²) in [6.45, 7) is 6.00. The fourth-order valence-electron chi connectivity index (χ4n) is 3.31. The molecule has 1 saturated heterocycles. The van der Waals surface area contributed by atoms with Gasteiger partial charge in [0.25, 0.3) is 0 Å². The Morgan fingerprint density at radius 1 is 1.35 bits per heavy atom. The molecule has 1 heterocycles. The number of amides is 1. The first-order chi connectivity index (χ1) is 11.0. The van der Waals surface area contributed by atoms with Gasteiger partial charge in [0.2, 0.25) is 5.91 Å². The Morgan fingerprint density at radius 2 is 2.04 bits per heavy atom. The highest BCUT2D eigenvalue weighted by molar-refractivity contribution is 5.76. The van der Waals surface area contributed by atoms with E-state index in [1.54, 1.807) is 0 Å². The van der Waals surface area contributed by atoms with Gasteiger partial charge in [-0.2, -0.15) is 0 Å². The molecular weight excluding hydrogens is 298 g/mol. The zero-order valence-electron chi connectivity index (χ0n) is 13.9. The van der Waals surface area contributed by atoms with E-state index < -0.39 is 17.7 Å². The van der Waals surface area contributed by atoms with Crippen molar-refractivity contribution in [2.75, 3.05) is 13.1 Å². The fraction of sp³-hybridized carbons (Fsp3) is 0.611. The van der Waals surface area contributed by atoms with E-state index in [1.165, 1.54) is 12.1 Å². The van der Waals surface area contributed by atoms with Crippen molar-refractivity contribution in [3.63, 3.8) is 0 Å². The molecule has 5 heteroatoms. The van der Waals surface area contributed by atoms with Gasteiger partial charge in [-0.05, 0) is 50.3 Å². The highest BCUT2D eigenvalue weighted by Gasteiger charge is 2.23. The van der Waals surface area contributed by atoms with Gasteiger partial charge >= 0.3 is 0 Å². The topological polar surface area (TPSA) is 41.1 Å². The number of piperidine rings is 1. The molecule has 2 N–H and O–H groups in total. The minimum absolute atomic E-state index is 0.0633. The van der Waals surface area contributed by atoms with Crippen LogP contribution in [0.5, 0.6) is 0 Å². The first-order valence-corrected chi connectivity index (χ1v) is 8.46. The summed E-state index contributed by atoms with van der Waals surface area (Å²) in [5.74, 6) is -0.403. The maximum absolute atomic E-state index is 13.9. The average molecular weight is 324 g/mol. The summed E-state index contributed by atoms with van der Waals surface area (Å²) in [6.07, 6.45) is 3.20. The SMILES string of the molecule is CCC(NC(=O)CC(C)C1CCNCC1)c1ccc(F)cc1F. The standard InChI is InChI=1S/C18H26F2N2O/c1-3-17(15-5-4-14(19)11-16(15)20)22-18(23)10-12(2)13-6-8-21-9-7-13/h4-5,11-13,17,21H,3,6-10H2,1-2H3,(H,22,23). The van der Waals surface area contributed by atoms with E-state index in [4.69, 9.17) is 0 Å². The number of halogens is 2. The number of carbonyl (C=O) groups excluding carboxylic acids is 1. The summed E-state index contributed by atoms with van der Waals surface area (Å²) in [7, 11) is 0. The predicted octanol–water partition coefficient (Wildman–Crippen LogP) is 3.56. The predicted molar refractivity (Wildman–Crippen MR) is 86.9 cm³/mol. The van der Waals surface area contributed by atoms with Crippen molar-refractivity contribution in [1.82, 2.24) is 10.6 Å². The van der Waals surface area contributed by atoms with Gasteiger partial charge in [-0.25, -0.2) is 8.78 Å². The molecule has 1 aromatic rings. The Balaban J connectivity index is 1.93. The lowest BCUT2D eigenvalue weighted by molar-refractivity contribution is -0.123. The van der Waals surface area contributed by atoms with Crippen LogP contribution >= 0.6 is 0 Å². The largest absolute Gasteiger partial charge is 0.349 e. The first kappa shape index (κ1) is 17.9. The van der Waals surface area contributed by atoms with Gasteiger partial charge in [0.15, 0.2) is 0 Å². The van der Waals surface area contributed by atoms with Crippen molar-refractivity contribution in [3.05, 3.63) is 35.4 Å². The van der Waals surface area contributed by atoms with E-state index in [0.717, 1.165) is 32.0 Å². The van der Waals surface area contributed by atoms with Crippen molar-refractivity contribution in [3.8, 4) is 0 Å². The van der Waals surface area contributed by atoms with Gasteiger partial charge in [0.1, 0.15) is 11.6 Å². The van der Waals surface area contributed by atoms with Crippen LogP contribution in [0.4, 0.5) is 8.78 Å². The normalized spacial score (nSPS) is 18.4. The highest BCUT2D eigenvalue weighted by atomic mass is 19.1. The van der Waals surface area contributed by atoms with E-state index >= 15 is 0 Å². The molecule has 2 unspecified atom stereocenters. The van der Waals surface area contributed by atoms with E-state index in [1.807, 2.05) is 6.92 Å². The molecule has 128 valence electrons. The minimum atomic E-state index is -0.608. The number of nitrogens with one attached hydrogen (secondary N) is 2. The summed E-state index contributed by atoms with van der Waals surface area (Å²) in [6, 6.07) is 3.09. The number of rotatable bonds is 6. The average Bonchev–Trinajstić information content (AvgIpc) is 2.54. The number of hydrogen-bond acceptors (Lipinski definition) is 2. The van der Waals surface area contributed by atoms with Gasteiger partial charge in [-0.15, -0.1) is 0 Å². The van der Waals surface area contributed by atoms with Crippen molar-refractivity contribution in [2.45, 2.75) is 45.6 Å². The lowest BCUT2D eigenvalue weighted by atomic mass is 9.84. The molecule has 0 saturated carbocycles. The van der Waals surface area contributed by atoms with E-state index in [0.29, 0.717) is 30.2 Å². The first-order valence-electron chi connectivity index (χ1n) is 8.46. The van der Waals surface area contributed by atoms with Crippen molar-refractivity contribution < 1.29 is 13.6 Å². The van der Waals surface area contributed by atoms with Crippen LogP contribution in [0.1, 0.15) is 51.1 Å². The van der Waals surface area contributed by atoms with Crippen LogP contribution in [0.25, 0.3) is 0 Å². The molecule has 1 aromatic carbocycles. The van der Waals surface area contributed by atoms with Gasteiger partial charge < -0.3 is 10.6 Å². The Bertz CT molecular complexity index is 530. The van der Waals surface area contributed by atoms with Crippen LogP contribution in [0.2, 0.25) is 0 Å². The van der Waals surface area contributed by atoms with Crippen LogP contribution in [-0.2, 0) is 4.79 Å². The molecule has 0 aromatic heterocycles. The third-order valence-corrected chi connectivity index (χ3v) is 4.78. The van der Waals surface area contributed by atoms with Gasteiger partial charge in [0, 0.05) is 18.1 Å². The third-order valence-electron chi connectivity index (χ3n) is 4.78. The van der Waals surface area contributed by atoms with Crippen molar-refractivity contribution in [1.29, 1.82) is 0 Å². The lowest BCUT2D eigenvalue weighted by Crippen LogP contribution is -2.34. The lowest BCUT2D eigenvalue weighted by Gasteiger charge is -2.28. The molecule has 0 radical (unpaired) electrons. The van der Waals surface area contributed by atoms with Crippen LogP contribution in [0, 0.1) is 23.5 Å². The van der Waals surface area contributed by atoms with E-state index in [9.17, 15) is 13.6 Å². The summed E-state index contributed by atoms with van der Waals surface area (Å²) in [5.41, 5.74) is 0.344. The third kappa shape index (κ3) is 4.99. The monoisotopic (exact) mass is 324 g/mol. The van der Waals surface area contributed by atoms with Crippen LogP contribution in [0.3, 0.4) is 0 Å². The van der Waals surface area contributed by atoms with Crippen LogP contribution in [-0.4, -0.2) is 19.0 Å². The number of carbonyl (C=O) groups is 1. The highest BCUT2D eigenvalue weighted by Crippen LogP contribution is 2.25. The molecule has 3 nitrogen and oxygen atoms in total. The Labute approximate surface area is 136 Å². The quantitative estimate of drug-likeness (QED) is 0.840. The molecule has 23 heavy (non-hydrogen) atoms. The molecule has 1 aliphatic rings. The number of benzene rings is 1. The van der Waals surface area contributed by atoms with Crippen LogP contribution in [0.15, 0.2) is 18.2 Å². The molecule has 0 bridgehead atoms. The molecule has 2 rings (SSSR count). The molecule has 2 atom stereocenters. The number of hydrogen-bond donors (Lipinski definition) is 2. The van der Waals surface area contributed by atoms with Gasteiger partial charge in [-0.3, -0.25) is 4.79 Å². The zero-order valence-corrected chi connectivity index (χ0v) is 13.9. The Kier molecular flexibility index (Phi) is 6.51. The van der Waals surface area contributed by atoms with Gasteiger partial charge in [-0.1, -0.05) is 19.9 Å². The second kappa shape index (κ2) is 8.39.